The van der Waals surface area contributed by atoms with E-state index in [1.165, 1.54) is 12.8 Å². The predicted octanol–water partition coefficient (Wildman–Crippen LogP) is 1.79. The molecule has 1 fully saturated rings. The molecule has 1 aliphatic rings. The van der Waals surface area contributed by atoms with Gasteiger partial charge in [0.15, 0.2) is 0 Å². The minimum atomic E-state index is 0.296. The van der Waals surface area contributed by atoms with Gasteiger partial charge in [-0.1, -0.05) is 12.2 Å². The standard InChI is InChI=1S/C13H20N4OS/c1-9-8-11(12(14)19)17-13(16-9)15-6-5-10-4-2-3-7-18-10/h8,10H,2-7H2,1H3,(H2,14,19)(H,15,16,17). The van der Waals surface area contributed by atoms with Gasteiger partial charge in [0.05, 0.1) is 6.10 Å². The van der Waals surface area contributed by atoms with Crippen molar-refractivity contribution in [3.63, 3.8) is 0 Å². The number of anilines is 1. The van der Waals surface area contributed by atoms with Crippen LogP contribution in [0.4, 0.5) is 5.95 Å². The minimum Gasteiger partial charge on any atom is -0.388 e. The maximum absolute atomic E-state index is 5.68. The van der Waals surface area contributed by atoms with Crippen LogP contribution in [0.5, 0.6) is 0 Å². The van der Waals surface area contributed by atoms with Crippen LogP contribution in [0, 0.1) is 6.92 Å². The molecular formula is C13H20N4OS. The predicted molar refractivity (Wildman–Crippen MR) is 79.4 cm³/mol. The highest BCUT2D eigenvalue weighted by molar-refractivity contribution is 7.80. The zero-order valence-electron chi connectivity index (χ0n) is 11.2. The quantitative estimate of drug-likeness (QED) is 0.801. The Hall–Kier alpha value is -1.27. The molecule has 1 atom stereocenters. The van der Waals surface area contributed by atoms with Gasteiger partial charge < -0.3 is 15.8 Å². The van der Waals surface area contributed by atoms with Crippen LogP contribution >= 0.6 is 12.2 Å². The molecule has 1 aliphatic heterocycles. The van der Waals surface area contributed by atoms with Crippen molar-refractivity contribution in [2.45, 2.75) is 38.7 Å². The molecule has 0 spiro atoms. The van der Waals surface area contributed by atoms with Gasteiger partial charge in [0.25, 0.3) is 0 Å². The Bertz CT molecular complexity index is 446. The van der Waals surface area contributed by atoms with Crippen molar-refractivity contribution in [1.82, 2.24) is 9.97 Å². The van der Waals surface area contributed by atoms with Crippen molar-refractivity contribution < 1.29 is 4.74 Å². The number of nitrogens with two attached hydrogens (primary N) is 1. The topological polar surface area (TPSA) is 73.1 Å². The lowest BCUT2D eigenvalue weighted by atomic mass is 10.1. The van der Waals surface area contributed by atoms with Crippen molar-refractivity contribution >= 4 is 23.2 Å². The number of nitrogens with zero attached hydrogens (tertiary/aromatic N) is 2. The largest absolute Gasteiger partial charge is 0.388 e. The third-order valence-corrected chi connectivity index (χ3v) is 3.34. The summed E-state index contributed by atoms with van der Waals surface area (Å²) in [6.45, 7) is 3.58. The monoisotopic (exact) mass is 280 g/mol. The van der Waals surface area contributed by atoms with E-state index in [1.807, 2.05) is 6.92 Å². The van der Waals surface area contributed by atoms with E-state index in [0.717, 1.165) is 31.7 Å². The van der Waals surface area contributed by atoms with Crippen molar-refractivity contribution in [3.8, 4) is 0 Å². The zero-order valence-corrected chi connectivity index (χ0v) is 12.0. The third kappa shape index (κ3) is 4.40. The first-order chi connectivity index (χ1) is 9.15. The zero-order chi connectivity index (χ0) is 13.7. The van der Waals surface area contributed by atoms with Crippen molar-refractivity contribution in [2.24, 2.45) is 5.73 Å². The molecule has 5 nitrogen and oxygen atoms in total. The summed E-state index contributed by atoms with van der Waals surface area (Å²) in [5, 5.41) is 3.21. The van der Waals surface area contributed by atoms with E-state index in [2.05, 4.69) is 15.3 Å². The Labute approximate surface area is 119 Å². The molecule has 2 rings (SSSR count). The average Bonchev–Trinajstić information content (AvgIpc) is 2.39. The van der Waals surface area contributed by atoms with Gasteiger partial charge in [-0.3, -0.25) is 0 Å². The highest BCUT2D eigenvalue weighted by atomic mass is 32.1. The van der Waals surface area contributed by atoms with Crippen LogP contribution in [0.15, 0.2) is 6.07 Å². The molecule has 6 heteroatoms. The maximum atomic E-state index is 5.68. The summed E-state index contributed by atoms with van der Waals surface area (Å²) < 4.78 is 5.68. The van der Waals surface area contributed by atoms with Gasteiger partial charge in [0.1, 0.15) is 10.7 Å². The first-order valence-electron chi connectivity index (χ1n) is 6.66. The van der Waals surface area contributed by atoms with Gasteiger partial charge in [-0.2, -0.15) is 0 Å². The Morgan fingerprint density at radius 2 is 2.37 bits per heavy atom. The smallest absolute Gasteiger partial charge is 0.223 e. The fourth-order valence-corrected chi connectivity index (χ4v) is 2.26. The van der Waals surface area contributed by atoms with Crippen LogP contribution in [0.2, 0.25) is 0 Å². The Morgan fingerprint density at radius 1 is 1.53 bits per heavy atom. The summed E-state index contributed by atoms with van der Waals surface area (Å²) in [6.07, 6.45) is 4.93. The number of aromatic nitrogens is 2. The molecule has 1 aromatic rings. The minimum absolute atomic E-state index is 0.296. The lowest BCUT2D eigenvalue weighted by Gasteiger charge is -2.22. The highest BCUT2D eigenvalue weighted by Gasteiger charge is 2.13. The number of hydrogen-bond acceptors (Lipinski definition) is 5. The second kappa shape index (κ2) is 6.77. The van der Waals surface area contributed by atoms with Gasteiger partial charge in [-0.05, 0) is 38.7 Å². The van der Waals surface area contributed by atoms with Crippen LogP contribution in [0.3, 0.4) is 0 Å². The lowest BCUT2D eigenvalue weighted by molar-refractivity contribution is 0.0134. The molecule has 19 heavy (non-hydrogen) atoms. The fourth-order valence-electron chi connectivity index (χ4n) is 2.15. The molecule has 1 aromatic heterocycles. The van der Waals surface area contributed by atoms with Crippen molar-refractivity contribution in [1.29, 1.82) is 0 Å². The molecule has 104 valence electrons. The SMILES string of the molecule is Cc1cc(C(N)=S)nc(NCCC2CCCCO2)n1. The number of nitrogens with one attached hydrogen (secondary N) is 1. The van der Waals surface area contributed by atoms with Crippen LogP contribution < -0.4 is 11.1 Å². The van der Waals surface area contributed by atoms with E-state index in [1.54, 1.807) is 6.07 Å². The highest BCUT2D eigenvalue weighted by Crippen LogP contribution is 2.15. The summed E-state index contributed by atoms with van der Waals surface area (Å²) in [5.41, 5.74) is 7.06. The molecular weight excluding hydrogens is 260 g/mol. The first-order valence-corrected chi connectivity index (χ1v) is 7.07. The summed E-state index contributed by atoms with van der Waals surface area (Å²) in [5.74, 6) is 0.582. The second-order valence-corrected chi connectivity index (χ2v) is 5.23. The molecule has 0 aliphatic carbocycles. The Balaban J connectivity index is 1.86. The summed E-state index contributed by atoms with van der Waals surface area (Å²) >= 11 is 4.94. The Morgan fingerprint density at radius 3 is 3.05 bits per heavy atom. The molecule has 1 saturated heterocycles. The molecule has 1 unspecified atom stereocenters. The number of aryl methyl sites for hydroxylation is 1. The summed E-state index contributed by atoms with van der Waals surface area (Å²) in [4.78, 5) is 8.90. The van der Waals surface area contributed by atoms with E-state index in [4.69, 9.17) is 22.7 Å². The molecule has 0 amide bonds. The van der Waals surface area contributed by atoms with E-state index in [9.17, 15) is 0 Å². The van der Waals surface area contributed by atoms with Gasteiger partial charge in [0.2, 0.25) is 5.95 Å². The van der Waals surface area contributed by atoms with Gasteiger partial charge in [0, 0.05) is 18.8 Å². The molecule has 3 N–H and O–H groups in total. The maximum Gasteiger partial charge on any atom is 0.223 e. The average molecular weight is 280 g/mol. The van der Waals surface area contributed by atoms with Crippen molar-refractivity contribution in [2.75, 3.05) is 18.5 Å². The van der Waals surface area contributed by atoms with Crippen LogP contribution in [-0.2, 0) is 4.74 Å². The fraction of sp³-hybridized carbons (Fsp3) is 0.615. The van der Waals surface area contributed by atoms with Gasteiger partial charge >= 0.3 is 0 Å². The third-order valence-electron chi connectivity index (χ3n) is 3.13. The first kappa shape index (κ1) is 14.1. The van der Waals surface area contributed by atoms with Crippen LogP contribution in [-0.4, -0.2) is 34.2 Å². The summed E-state index contributed by atoms with van der Waals surface area (Å²) in [7, 11) is 0. The number of ether oxygens (including phenoxy) is 1. The van der Waals surface area contributed by atoms with Gasteiger partial charge in [-0.25, -0.2) is 9.97 Å². The van der Waals surface area contributed by atoms with Crippen molar-refractivity contribution in [3.05, 3.63) is 17.5 Å². The van der Waals surface area contributed by atoms with E-state index in [-0.39, 0.29) is 0 Å². The molecule has 0 bridgehead atoms. The lowest BCUT2D eigenvalue weighted by Crippen LogP contribution is -2.22. The van der Waals surface area contributed by atoms with Gasteiger partial charge in [-0.15, -0.1) is 0 Å². The van der Waals surface area contributed by atoms with E-state index >= 15 is 0 Å². The van der Waals surface area contributed by atoms with Crippen LogP contribution in [0.1, 0.15) is 37.1 Å². The van der Waals surface area contributed by atoms with E-state index in [0.29, 0.717) is 22.7 Å². The summed E-state index contributed by atoms with van der Waals surface area (Å²) in [6, 6.07) is 1.79. The molecule has 0 aromatic carbocycles. The number of hydrogen-bond donors (Lipinski definition) is 2. The molecule has 0 saturated carbocycles. The number of thiocarbonyl (C=S) groups is 1. The molecule has 2 heterocycles. The van der Waals surface area contributed by atoms with E-state index < -0.39 is 0 Å². The number of rotatable bonds is 5. The second-order valence-electron chi connectivity index (χ2n) is 4.79. The molecule has 0 radical (unpaired) electrons. The van der Waals surface area contributed by atoms with Crippen LogP contribution in [0.25, 0.3) is 0 Å². The Kier molecular flexibility index (Phi) is 5.04. The normalized spacial score (nSPS) is 19.1.